The van der Waals surface area contributed by atoms with Gasteiger partial charge in [0, 0.05) is 13.3 Å². The Hall–Kier alpha value is -1.84. The number of nitrogens with two attached hydrogens (primary N) is 1. The molecule has 0 heterocycles. The summed E-state index contributed by atoms with van der Waals surface area (Å²) in [6, 6.07) is 9.75. The smallest absolute Gasteiger partial charge is 0.300 e. The lowest BCUT2D eigenvalue weighted by Crippen LogP contribution is -2.12. The monoisotopic (exact) mass is 194 g/mol. The number of hydrogen-bond donors (Lipinski definition) is 3. The molecule has 0 aliphatic carbocycles. The SMILES string of the molecule is CC(=O)O.N=C(N)Cc1ccccc1. The van der Waals surface area contributed by atoms with Crippen LogP contribution in [0.3, 0.4) is 0 Å². The van der Waals surface area contributed by atoms with Crippen LogP contribution in [0.4, 0.5) is 0 Å². The first-order valence-electron chi connectivity index (χ1n) is 4.08. The maximum atomic E-state index is 9.00. The van der Waals surface area contributed by atoms with Crippen molar-refractivity contribution >= 4 is 11.8 Å². The van der Waals surface area contributed by atoms with Crippen molar-refractivity contribution < 1.29 is 9.90 Å². The molecule has 1 aromatic rings. The van der Waals surface area contributed by atoms with Crippen LogP contribution in [0.1, 0.15) is 12.5 Å². The molecule has 14 heavy (non-hydrogen) atoms. The van der Waals surface area contributed by atoms with Crippen molar-refractivity contribution in [2.45, 2.75) is 13.3 Å². The highest BCUT2D eigenvalue weighted by molar-refractivity contribution is 5.79. The number of carboxylic acids is 1. The highest BCUT2D eigenvalue weighted by atomic mass is 16.4. The van der Waals surface area contributed by atoms with E-state index in [-0.39, 0.29) is 5.84 Å². The van der Waals surface area contributed by atoms with Gasteiger partial charge in [0.1, 0.15) is 0 Å². The fourth-order valence-electron chi connectivity index (χ4n) is 0.816. The van der Waals surface area contributed by atoms with Crippen molar-refractivity contribution in [1.29, 1.82) is 5.41 Å². The van der Waals surface area contributed by atoms with E-state index in [1.165, 1.54) is 0 Å². The summed E-state index contributed by atoms with van der Waals surface area (Å²) < 4.78 is 0. The molecule has 0 unspecified atom stereocenters. The quantitative estimate of drug-likeness (QED) is 0.489. The van der Waals surface area contributed by atoms with E-state index in [4.69, 9.17) is 21.0 Å². The minimum atomic E-state index is -0.833. The fourth-order valence-corrected chi connectivity index (χ4v) is 0.816. The fraction of sp³-hybridized carbons (Fsp3) is 0.200. The molecule has 0 amide bonds. The van der Waals surface area contributed by atoms with Crippen molar-refractivity contribution in [2.75, 3.05) is 0 Å². The minimum absolute atomic E-state index is 0.214. The Morgan fingerprint density at radius 3 is 2.21 bits per heavy atom. The van der Waals surface area contributed by atoms with Gasteiger partial charge in [0.05, 0.1) is 5.84 Å². The zero-order valence-electron chi connectivity index (χ0n) is 8.03. The lowest BCUT2D eigenvalue weighted by atomic mass is 10.1. The van der Waals surface area contributed by atoms with Gasteiger partial charge >= 0.3 is 0 Å². The van der Waals surface area contributed by atoms with Gasteiger partial charge in [-0.2, -0.15) is 0 Å². The van der Waals surface area contributed by atoms with E-state index in [1.807, 2.05) is 30.3 Å². The number of carbonyl (C=O) groups is 1. The summed E-state index contributed by atoms with van der Waals surface area (Å²) in [4.78, 5) is 9.00. The summed E-state index contributed by atoms with van der Waals surface area (Å²) in [5.41, 5.74) is 6.30. The van der Waals surface area contributed by atoms with Gasteiger partial charge < -0.3 is 10.8 Å². The lowest BCUT2D eigenvalue weighted by molar-refractivity contribution is -0.134. The molecule has 1 rings (SSSR count). The molecular weight excluding hydrogens is 180 g/mol. The zero-order valence-corrected chi connectivity index (χ0v) is 8.03. The Bertz CT molecular complexity index is 292. The predicted octanol–water partition coefficient (Wildman–Crippen LogP) is 1.26. The molecule has 76 valence electrons. The van der Waals surface area contributed by atoms with Gasteiger partial charge in [0.15, 0.2) is 0 Å². The molecule has 0 saturated heterocycles. The van der Waals surface area contributed by atoms with Crippen LogP contribution in [-0.2, 0) is 11.2 Å². The van der Waals surface area contributed by atoms with Crippen LogP contribution >= 0.6 is 0 Å². The number of aliphatic carboxylic acids is 1. The second-order valence-electron chi connectivity index (χ2n) is 2.71. The molecule has 0 aliphatic rings. The van der Waals surface area contributed by atoms with Gasteiger partial charge in [-0.05, 0) is 5.56 Å². The molecule has 4 N–H and O–H groups in total. The topological polar surface area (TPSA) is 87.2 Å². The molecule has 0 fully saturated rings. The molecule has 0 aliphatic heterocycles. The number of benzene rings is 1. The second-order valence-corrected chi connectivity index (χ2v) is 2.71. The van der Waals surface area contributed by atoms with E-state index < -0.39 is 5.97 Å². The van der Waals surface area contributed by atoms with E-state index >= 15 is 0 Å². The third kappa shape index (κ3) is 8.26. The number of hydrogen-bond acceptors (Lipinski definition) is 2. The molecular formula is C10H14N2O2. The third-order valence-corrected chi connectivity index (χ3v) is 1.24. The van der Waals surface area contributed by atoms with Crippen LogP contribution in [0, 0.1) is 5.41 Å². The first-order chi connectivity index (χ1) is 6.52. The Labute approximate surface area is 82.9 Å². The van der Waals surface area contributed by atoms with Crippen LogP contribution in [0.15, 0.2) is 30.3 Å². The number of carboxylic acid groups (broad SMARTS) is 1. The predicted molar refractivity (Wildman–Crippen MR) is 55.4 cm³/mol. The molecule has 0 radical (unpaired) electrons. The first-order valence-corrected chi connectivity index (χ1v) is 4.08. The van der Waals surface area contributed by atoms with E-state index in [0.29, 0.717) is 6.42 Å². The van der Waals surface area contributed by atoms with Crippen LogP contribution in [0.2, 0.25) is 0 Å². The van der Waals surface area contributed by atoms with E-state index in [1.54, 1.807) is 0 Å². The Balaban J connectivity index is 0.000000364. The van der Waals surface area contributed by atoms with Gasteiger partial charge in [-0.25, -0.2) is 0 Å². The molecule has 0 bridgehead atoms. The molecule has 0 aromatic heterocycles. The van der Waals surface area contributed by atoms with Crippen molar-refractivity contribution in [1.82, 2.24) is 0 Å². The van der Waals surface area contributed by atoms with E-state index in [0.717, 1.165) is 12.5 Å². The number of amidine groups is 1. The van der Waals surface area contributed by atoms with Crippen molar-refractivity contribution in [3.63, 3.8) is 0 Å². The minimum Gasteiger partial charge on any atom is -0.481 e. The summed E-state index contributed by atoms with van der Waals surface area (Å²) in [6.45, 7) is 1.08. The molecule has 4 nitrogen and oxygen atoms in total. The third-order valence-electron chi connectivity index (χ3n) is 1.24. The van der Waals surface area contributed by atoms with Gasteiger partial charge in [-0.3, -0.25) is 10.2 Å². The van der Waals surface area contributed by atoms with E-state index in [2.05, 4.69) is 0 Å². The van der Waals surface area contributed by atoms with Gasteiger partial charge in [-0.15, -0.1) is 0 Å². The molecule has 1 aromatic carbocycles. The highest BCUT2D eigenvalue weighted by Gasteiger charge is 1.90. The second kappa shape index (κ2) is 6.65. The summed E-state index contributed by atoms with van der Waals surface area (Å²) in [5.74, 6) is -0.619. The van der Waals surface area contributed by atoms with Crippen molar-refractivity contribution in [3.8, 4) is 0 Å². The molecule has 4 heteroatoms. The average molecular weight is 194 g/mol. The largest absolute Gasteiger partial charge is 0.481 e. The average Bonchev–Trinajstić information content (AvgIpc) is 2.03. The van der Waals surface area contributed by atoms with Crippen molar-refractivity contribution in [2.24, 2.45) is 5.73 Å². The first kappa shape index (κ1) is 12.2. The van der Waals surface area contributed by atoms with Crippen LogP contribution < -0.4 is 5.73 Å². The zero-order chi connectivity index (χ0) is 11.0. The molecule has 0 spiro atoms. The Morgan fingerprint density at radius 2 is 1.86 bits per heavy atom. The van der Waals surface area contributed by atoms with Crippen molar-refractivity contribution in [3.05, 3.63) is 35.9 Å². The summed E-state index contributed by atoms with van der Waals surface area (Å²) in [5, 5.41) is 14.4. The standard InChI is InChI=1S/C8H10N2.C2H4O2/c9-8(10)6-7-4-2-1-3-5-7;1-2(3)4/h1-5H,6H2,(H3,9,10);1H3,(H,3,4). The Kier molecular flexibility index (Phi) is 5.78. The maximum Gasteiger partial charge on any atom is 0.300 e. The van der Waals surface area contributed by atoms with Gasteiger partial charge in [0.25, 0.3) is 5.97 Å². The summed E-state index contributed by atoms with van der Waals surface area (Å²) in [6.07, 6.45) is 0.556. The number of rotatable bonds is 2. The Morgan fingerprint density at radius 1 is 1.43 bits per heavy atom. The summed E-state index contributed by atoms with van der Waals surface area (Å²) in [7, 11) is 0. The van der Waals surface area contributed by atoms with Crippen LogP contribution in [0.5, 0.6) is 0 Å². The molecule has 0 atom stereocenters. The lowest BCUT2D eigenvalue weighted by Gasteiger charge is -1.96. The van der Waals surface area contributed by atoms with Crippen LogP contribution in [-0.4, -0.2) is 16.9 Å². The summed E-state index contributed by atoms with van der Waals surface area (Å²) >= 11 is 0. The maximum absolute atomic E-state index is 9.00. The van der Waals surface area contributed by atoms with E-state index in [9.17, 15) is 0 Å². The highest BCUT2D eigenvalue weighted by Crippen LogP contribution is 1.97. The number of nitrogens with one attached hydrogen (secondary N) is 1. The molecule has 0 saturated carbocycles. The van der Waals surface area contributed by atoms with Gasteiger partial charge in [0.2, 0.25) is 0 Å². The van der Waals surface area contributed by atoms with Gasteiger partial charge in [-0.1, -0.05) is 30.3 Å². The normalized spacial score (nSPS) is 8.36. The van der Waals surface area contributed by atoms with Crippen LogP contribution in [0.25, 0.3) is 0 Å².